The molecule has 1 saturated heterocycles. The Hall–Kier alpha value is -1.55. The average Bonchev–Trinajstić information content (AvgIpc) is 2.53. The maximum absolute atomic E-state index is 12.1. The SMILES string of the molecule is COc1cccc(C2C3CCCCC3(O)CCN2C(C)=O)c1. The summed E-state index contributed by atoms with van der Waals surface area (Å²) >= 11 is 0. The monoisotopic (exact) mass is 303 g/mol. The number of ether oxygens (including phenoxy) is 1. The van der Waals surface area contributed by atoms with E-state index in [1.165, 1.54) is 0 Å². The molecule has 1 saturated carbocycles. The number of nitrogens with zero attached hydrogens (tertiary/aromatic N) is 1. The van der Waals surface area contributed by atoms with Gasteiger partial charge >= 0.3 is 0 Å². The normalized spacial score (nSPS) is 31.5. The molecule has 4 nitrogen and oxygen atoms in total. The Labute approximate surface area is 132 Å². The number of hydrogen-bond donors (Lipinski definition) is 1. The number of benzene rings is 1. The van der Waals surface area contributed by atoms with E-state index in [1.54, 1.807) is 14.0 Å². The van der Waals surface area contributed by atoms with E-state index >= 15 is 0 Å². The van der Waals surface area contributed by atoms with Crippen LogP contribution in [0.15, 0.2) is 24.3 Å². The van der Waals surface area contributed by atoms with Crippen molar-refractivity contribution in [1.82, 2.24) is 4.90 Å². The van der Waals surface area contributed by atoms with Crippen molar-refractivity contribution < 1.29 is 14.6 Å². The molecule has 0 bridgehead atoms. The van der Waals surface area contributed by atoms with E-state index < -0.39 is 5.60 Å². The van der Waals surface area contributed by atoms with Crippen LogP contribution in [0.25, 0.3) is 0 Å². The fourth-order valence-electron chi connectivity index (χ4n) is 4.27. The fourth-order valence-corrected chi connectivity index (χ4v) is 4.27. The van der Waals surface area contributed by atoms with Gasteiger partial charge in [0.25, 0.3) is 0 Å². The van der Waals surface area contributed by atoms with E-state index in [-0.39, 0.29) is 17.9 Å². The minimum atomic E-state index is -0.627. The molecule has 1 N–H and O–H groups in total. The van der Waals surface area contributed by atoms with Crippen molar-refractivity contribution in [1.29, 1.82) is 0 Å². The zero-order chi connectivity index (χ0) is 15.7. The average molecular weight is 303 g/mol. The van der Waals surface area contributed by atoms with Crippen molar-refractivity contribution in [3.8, 4) is 5.75 Å². The summed E-state index contributed by atoms with van der Waals surface area (Å²) in [5, 5.41) is 11.1. The van der Waals surface area contributed by atoms with Crippen molar-refractivity contribution >= 4 is 5.91 Å². The second-order valence-corrected chi connectivity index (χ2v) is 6.64. The van der Waals surface area contributed by atoms with E-state index in [0.717, 1.165) is 37.0 Å². The first-order valence-electron chi connectivity index (χ1n) is 8.19. The van der Waals surface area contributed by atoms with Gasteiger partial charge in [-0.15, -0.1) is 0 Å². The third kappa shape index (κ3) is 2.60. The molecule has 3 atom stereocenters. The molecule has 1 aliphatic heterocycles. The zero-order valence-electron chi connectivity index (χ0n) is 13.4. The third-order valence-electron chi connectivity index (χ3n) is 5.41. The van der Waals surface area contributed by atoms with E-state index in [1.807, 2.05) is 29.2 Å². The lowest BCUT2D eigenvalue weighted by Crippen LogP contribution is -2.55. The number of fused-ring (bicyclic) bond motifs is 1. The second-order valence-electron chi connectivity index (χ2n) is 6.64. The molecular formula is C18H25NO3. The van der Waals surface area contributed by atoms with Gasteiger partial charge in [-0.2, -0.15) is 0 Å². The Balaban J connectivity index is 2.02. The van der Waals surface area contributed by atoms with Crippen molar-refractivity contribution in [2.45, 2.75) is 50.7 Å². The van der Waals surface area contributed by atoms with Crippen LogP contribution in [0.3, 0.4) is 0 Å². The molecule has 3 rings (SSSR count). The summed E-state index contributed by atoms with van der Waals surface area (Å²) < 4.78 is 5.34. The van der Waals surface area contributed by atoms with E-state index in [2.05, 4.69) is 0 Å². The zero-order valence-corrected chi connectivity index (χ0v) is 13.4. The highest BCUT2D eigenvalue weighted by Gasteiger charge is 2.49. The Morgan fingerprint density at radius 3 is 2.91 bits per heavy atom. The fraction of sp³-hybridized carbons (Fsp3) is 0.611. The minimum Gasteiger partial charge on any atom is -0.497 e. The number of amides is 1. The summed E-state index contributed by atoms with van der Waals surface area (Å²) in [5.74, 6) is 0.998. The Morgan fingerprint density at radius 1 is 1.36 bits per heavy atom. The van der Waals surface area contributed by atoms with Gasteiger partial charge in [0.1, 0.15) is 5.75 Å². The van der Waals surface area contributed by atoms with Gasteiger partial charge in [0.15, 0.2) is 0 Å². The molecule has 0 spiro atoms. The molecule has 1 aromatic carbocycles. The van der Waals surface area contributed by atoms with E-state index in [0.29, 0.717) is 13.0 Å². The maximum atomic E-state index is 12.1. The number of likely N-dealkylation sites (tertiary alicyclic amines) is 1. The summed E-state index contributed by atoms with van der Waals surface area (Å²) in [7, 11) is 1.65. The molecule has 0 radical (unpaired) electrons. The summed E-state index contributed by atoms with van der Waals surface area (Å²) in [6.45, 7) is 2.25. The largest absolute Gasteiger partial charge is 0.497 e. The predicted molar refractivity (Wildman–Crippen MR) is 84.6 cm³/mol. The molecule has 120 valence electrons. The molecule has 3 unspecified atom stereocenters. The summed E-state index contributed by atoms with van der Waals surface area (Å²) in [4.78, 5) is 14.1. The molecule has 1 heterocycles. The van der Waals surface area contributed by atoms with E-state index in [4.69, 9.17) is 4.74 Å². The number of carbonyl (C=O) groups excluding carboxylic acids is 1. The quantitative estimate of drug-likeness (QED) is 0.914. The Kier molecular flexibility index (Phi) is 4.13. The van der Waals surface area contributed by atoms with Crippen LogP contribution >= 0.6 is 0 Å². The standard InChI is InChI=1S/C18H25NO3/c1-13(20)19-11-10-18(21)9-4-3-8-16(18)17(19)14-6-5-7-15(12-14)22-2/h5-7,12,16-17,21H,3-4,8-11H2,1-2H3. The molecular weight excluding hydrogens is 278 g/mol. The highest BCUT2D eigenvalue weighted by molar-refractivity contribution is 5.74. The number of carbonyl (C=O) groups is 1. The van der Waals surface area contributed by atoms with Crippen LogP contribution in [0.5, 0.6) is 5.75 Å². The number of rotatable bonds is 2. The van der Waals surface area contributed by atoms with Crippen LogP contribution in [0.1, 0.15) is 50.6 Å². The Morgan fingerprint density at radius 2 is 2.18 bits per heavy atom. The molecule has 4 heteroatoms. The summed E-state index contributed by atoms with van der Waals surface area (Å²) in [6.07, 6.45) is 4.72. The molecule has 2 aliphatic rings. The third-order valence-corrected chi connectivity index (χ3v) is 5.41. The van der Waals surface area contributed by atoms with Gasteiger partial charge in [0.05, 0.1) is 18.8 Å². The summed E-state index contributed by atoms with van der Waals surface area (Å²) in [6, 6.07) is 7.87. The highest BCUT2D eigenvalue weighted by atomic mass is 16.5. The topological polar surface area (TPSA) is 49.8 Å². The lowest BCUT2D eigenvalue weighted by molar-refractivity contribution is -0.153. The molecule has 2 fully saturated rings. The van der Waals surface area contributed by atoms with Crippen molar-refractivity contribution in [2.24, 2.45) is 5.92 Å². The molecule has 22 heavy (non-hydrogen) atoms. The first kappa shape index (κ1) is 15.3. The number of hydrogen-bond acceptors (Lipinski definition) is 3. The van der Waals surface area contributed by atoms with Crippen molar-refractivity contribution in [3.05, 3.63) is 29.8 Å². The number of aliphatic hydroxyl groups is 1. The van der Waals surface area contributed by atoms with Crippen molar-refractivity contribution in [3.63, 3.8) is 0 Å². The predicted octanol–water partition coefficient (Wildman–Crippen LogP) is 2.91. The van der Waals surface area contributed by atoms with Crippen LogP contribution in [0.4, 0.5) is 0 Å². The van der Waals surface area contributed by atoms with E-state index in [9.17, 15) is 9.90 Å². The van der Waals surface area contributed by atoms with Gasteiger partial charge in [0, 0.05) is 19.4 Å². The lowest BCUT2D eigenvalue weighted by Gasteiger charge is -2.52. The second kappa shape index (κ2) is 5.92. The van der Waals surface area contributed by atoms with Crippen LogP contribution in [0, 0.1) is 5.92 Å². The van der Waals surface area contributed by atoms with Gasteiger partial charge in [-0.25, -0.2) is 0 Å². The Bertz CT molecular complexity index is 559. The first-order valence-corrected chi connectivity index (χ1v) is 8.19. The van der Waals surface area contributed by atoms with Crippen LogP contribution < -0.4 is 4.74 Å². The van der Waals surface area contributed by atoms with Crippen LogP contribution in [-0.2, 0) is 4.79 Å². The minimum absolute atomic E-state index is 0.0494. The smallest absolute Gasteiger partial charge is 0.219 e. The molecule has 0 aromatic heterocycles. The van der Waals surface area contributed by atoms with Gasteiger partial charge < -0.3 is 14.7 Å². The molecule has 1 aliphatic carbocycles. The van der Waals surface area contributed by atoms with Gasteiger partial charge in [-0.3, -0.25) is 4.79 Å². The van der Waals surface area contributed by atoms with Crippen LogP contribution in [-0.4, -0.2) is 35.2 Å². The molecule has 1 aromatic rings. The van der Waals surface area contributed by atoms with Crippen LogP contribution in [0.2, 0.25) is 0 Å². The van der Waals surface area contributed by atoms with Gasteiger partial charge in [-0.1, -0.05) is 25.0 Å². The lowest BCUT2D eigenvalue weighted by atomic mass is 9.66. The first-order chi connectivity index (χ1) is 10.5. The van der Waals surface area contributed by atoms with Gasteiger partial charge in [0.2, 0.25) is 5.91 Å². The maximum Gasteiger partial charge on any atom is 0.219 e. The number of methoxy groups -OCH3 is 1. The highest BCUT2D eigenvalue weighted by Crippen LogP contribution is 2.49. The van der Waals surface area contributed by atoms with Gasteiger partial charge in [-0.05, 0) is 37.0 Å². The summed E-state index contributed by atoms with van der Waals surface area (Å²) in [5.41, 5.74) is 0.442. The van der Waals surface area contributed by atoms with Crippen molar-refractivity contribution in [2.75, 3.05) is 13.7 Å². The molecule has 1 amide bonds. The number of piperidine rings is 1.